The smallest absolute Gasteiger partial charge is 0.216 e. The number of imidazole rings is 4. The maximum Gasteiger partial charge on any atom is 0.216 e. The molecule has 0 saturated heterocycles. The summed E-state index contributed by atoms with van der Waals surface area (Å²) in [7, 11) is 2.63. The minimum Gasteiger partial charge on any atom is -0.497 e. The molecule has 0 spiro atoms. The summed E-state index contributed by atoms with van der Waals surface area (Å²) in [5.74, 6) is 4.72. The van der Waals surface area contributed by atoms with Gasteiger partial charge < -0.3 is 48.4 Å². The molecule has 5 atom stereocenters. The van der Waals surface area contributed by atoms with Gasteiger partial charge in [-0.1, -0.05) is 48.9 Å². The third-order valence-electron chi connectivity index (χ3n) is 17.0. The number of aromatic nitrogens is 13. The normalized spacial score (nSPS) is 14.5. The molecule has 0 saturated carbocycles. The van der Waals surface area contributed by atoms with E-state index in [9.17, 15) is 16.8 Å². The molecule has 5 unspecified atom stereocenters. The number of nitrogens with zero attached hydrogens (tertiary/aromatic N) is 10. The van der Waals surface area contributed by atoms with Gasteiger partial charge in [0.05, 0.1) is 158 Å². The van der Waals surface area contributed by atoms with Crippen molar-refractivity contribution in [1.82, 2.24) is 64.8 Å². The summed E-state index contributed by atoms with van der Waals surface area (Å²) in [4.78, 5) is 57.4. The lowest BCUT2D eigenvalue weighted by molar-refractivity contribution is 0.348. The largest absolute Gasteiger partial charge is 0.497 e. The molecule has 101 heavy (non-hydrogen) atoms. The number of rotatable bonds is 17. The molecule has 0 bridgehead atoms. The first-order chi connectivity index (χ1) is 49.0. The van der Waals surface area contributed by atoms with Crippen LogP contribution in [0.1, 0.15) is 80.5 Å². The van der Waals surface area contributed by atoms with Gasteiger partial charge in [-0.25, -0.2) is 29.1 Å². The minimum absolute atomic E-state index is 0.154. The number of hydrogen-bond donors (Lipinski definition) is 4. The maximum absolute atomic E-state index is 13.3. The van der Waals surface area contributed by atoms with E-state index in [1.807, 2.05) is 132 Å². The molecule has 1 aliphatic carbocycles. The second-order valence-electron chi connectivity index (χ2n) is 23.5. The highest BCUT2D eigenvalue weighted by Gasteiger charge is 2.30. The molecular weight excluding hydrogens is 1360 g/mol. The van der Waals surface area contributed by atoms with E-state index >= 15 is 0 Å². The number of methoxy groups -OCH3 is 5. The molecule has 520 valence electrons. The van der Waals surface area contributed by atoms with Crippen LogP contribution < -0.4 is 23.7 Å². The molecule has 4 aromatic carbocycles. The van der Waals surface area contributed by atoms with E-state index in [4.69, 9.17) is 28.4 Å². The summed E-state index contributed by atoms with van der Waals surface area (Å²) in [5.41, 5.74) is 16.6. The molecule has 0 fully saturated rings. The molecular formula is C73H74N14O10S4. The van der Waals surface area contributed by atoms with Crippen molar-refractivity contribution in [3.63, 3.8) is 0 Å². The number of hydrogen-bond acceptors (Lipinski definition) is 20. The summed E-state index contributed by atoms with van der Waals surface area (Å²) in [5, 5.41) is 1.60. The van der Waals surface area contributed by atoms with Crippen molar-refractivity contribution in [2.24, 2.45) is 4.99 Å². The Kier molecular flexibility index (Phi) is 22.2. The Morgan fingerprint density at radius 3 is 1.80 bits per heavy atom. The molecule has 2 aliphatic rings. The topological polar surface area (TPSA) is 315 Å². The fourth-order valence-corrected chi connectivity index (χ4v) is 16.8. The van der Waals surface area contributed by atoms with Crippen LogP contribution >= 0.6 is 0 Å². The number of pyridine rings is 5. The van der Waals surface area contributed by atoms with Crippen LogP contribution in [0.4, 0.5) is 0 Å². The second kappa shape index (κ2) is 31.8. The Bertz CT molecular complexity index is 5260. The fraction of sp³-hybridized carbons (Fsp3) is 0.260. The number of aryl methyl sites for hydroxylation is 3. The number of nitrogens with one attached hydrogen (secondary N) is 4. The van der Waals surface area contributed by atoms with Gasteiger partial charge in [0.15, 0.2) is 21.1 Å². The predicted molar refractivity (Wildman–Crippen MR) is 390 cm³/mol. The second-order valence-corrected chi connectivity index (χ2v) is 29.1. The van der Waals surface area contributed by atoms with E-state index in [0.717, 1.165) is 138 Å². The minimum atomic E-state index is -1.46. The lowest BCUT2D eigenvalue weighted by atomic mass is 10.1. The van der Waals surface area contributed by atoms with Crippen molar-refractivity contribution in [3.05, 3.63) is 196 Å². The van der Waals surface area contributed by atoms with Gasteiger partial charge in [0.1, 0.15) is 40.4 Å². The van der Waals surface area contributed by atoms with Gasteiger partial charge >= 0.3 is 0 Å². The number of fused-ring (bicyclic) bond motifs is 5. The molecule has 0 amide bonds. The van der Waals surface area contributed by atoms with Crippen LogP contribution in [0, 0.1) is 34.6 Å². The zero-order chi connectivity index (χ0) is 70.8. The molecule has 10 heterocycles. The van der Waals surface area contributed by atoms with Crippen LogP contribution in [0.5, 0.6) is 28.9 Å². The quantitative estimate of drug-likeness (QED) is 0.0615. The van der Waals surface area contributed by atoms with Gasteiger partial charge in [-0.05, 0) is 120 Å². The molecule has 15 rings (SSSR count). The van der Waals surface area contributed by atoms with Gasteiger partial charge in [-0.3, -0.25) is 32.6 Å². The molecule has 0 radical (unpaired) electrons. The van der Waals surface area contributed by atoms with Crippen molar-refractivity contribution >= 4 is 93.4 Å². The van der Waals surface area contributed by atoms with Gasteiger partial charge in [0, 0.05) is 75.9 Å². The highest BCUT2D eigenvalue weighted by Crippen LogP contribution is 2.39. The van der Waals surface area contributed by atoms with Crippen molar-refractivity contribution in [2.45, 2.75) is 103 Å². The zero-order valence-corrected chi connectivity index (χ0v) is 60.5. The number of aromatic amines is 4. The van der Waals surface area contributed by atoms with Gasteiger partial charge in [-0.15, -0.1) is 0 Å². The number of aliphatic imine (C=N–C) groups is 1. The van der Waals surface area contributed by atoms with Crippen molar-refractivity contribution < 1.29 is 45.3 Å². The first-order valence-corrected chi connectivity index (χ1v) is 37.2. The molecule has 13 aromatic rings. The van der Waals surface area contributed by atoms with Crippen LogP contribution in [-0.4, -0.2) is 136 Å². The van der Waals surface area contributed by atoms with Crippen LogP contribution in [0.15, 0.2) is 171 Å². The number of ether oxygens (including phenoxy) is 6. The Morgan fingerprint density at radius 2 is 1.16 bits per heavy atom. The predicted octanol–water partition coefficient (Wildman–Crippen LogP) is 12.6. The Balaban J connectivity index is 0.000000128. The maximum atomic E-state index is 13.3. The summed E-state index contributed by atoms with van der Waals surface area (Å²) in [6.45, 7) is 10.9. The molecule has 28 heteroatoms. The van der Waals surface area contributed by atoms with Crippen molar-refractivity contribution in [1.29, 1.82) is 0 Å². The van der Waals surface area contributed by atoms with E-state index < -0.39 is 43.2 Å². The van der Waals surface area contributed by atoms with Crippen LogP contribution in [-0.2, 0) is 65.9 Å². The van der Waals surface area contributed by atoms with Crippen LogP contribution in [0.2, 0.25) is 0 Å². The first kappa shape index (κ1) is 70.4. The van der Waals surface area contributed by atoms with Crippen LogP contribution in [0.25, 0.3) is 55.5 Å². The highest BCUT2D eigenvalue weighted by molar-refractivity contribution is 7.85. The fourth-order valence-electron chi connectivity index (χ4n) is 11.9. The lowest BCUT2D eigenvalue weighted by Gasteiger charge is -2.16. The molecule has 4 N–H and O–H groups in total. The van der Waals surface area contributed by atoms with Gasteiger partial charge in [0.2, 0.25) is 16.9 Å². The van der Waals surface area contributed by atoms with Crippen molar-refractivity contribution in [3.8, 4) is 40.1 Å². The van der Waals surface area contributed by atoms with Crippen molar-refractivity contribution in [2.75, 3.05) is 48.7 Å². The van der Waals surface area contributed by atoms with E-state index in [2.05, 4.69) is 69.8 Å². The first-order valence-electron chi connectivity index (χ1n) is 32.2. The lowest BCUT2D eigenvalue weighted by Crippen LogP contribution is -2.11. The Labute approximate surface area is 592 Å². The van der Waals surface area contributed by atoms with Gasteiger partial charge in [0.25, 0.3) is 0 Å². The standard InChI is InChI=1S/C20H17N3O2S.C19H20N4O3S.C18H19N3O2S.C16H18N4O3S/c1-13-6-5-7-15(18-12-14(25-2)10-11-21-18)19(13)26(24)20-22-16-8-3-4-9-17(16)23-20;1-11-9-21-16(12(2)17(11)25-3)10-27(24)19-22-14-5-4-13(8-15(14)23-19)18-20-6-7-26-18;1-23-15-10-11-19-17-12(15)6-2-5-9-16(17)24(22)18-20-13-7-3-4-8-14(13)21-18;1-9-7-17-12(10(2)14(9)23-4)8-24(21)16-18-11-5-6-13(22-3)19-15(11)20-16/h3-12H,1-2H3,(H,22,23);4-5,8-9H,6-7,10H2,1-3H3,(H,22,23);3-4,7-8,10-11,16H,2,5-6,9H2,1H3,(H,20,21);5-7H,8H2,1-4H3,(H,18,19,20). The number of H-pyrrole nitrogens is 4. The SMILES string of the molecule is COc1c(C)cnc(CS(=O)c2nc3ccc(C4=NCCO4)cc3[nH]2)c1C.COc1ccc2[nH]c(S(=O)Cc3ncc(C)c(OC)c3C)nc2n1.COc1ccnc(-c2cccc(C)c2S(=O)c2nc3ccccc3[nH]2)c1.COc1ccnc2c1CCCCC2S(=O)c1nc2ccccc2[nH]1. The summed E-state index contributed by atoms with van der Waals surface area (Å²) < 4.78 is 84.2. The molecule has 9 aromatic heterocycles. The average Bonchev–Trinajstić information content (AvgIpc) is 1.78. The average molecular weight is 1440 g/mol. The Morgan fingerprint density at radius 1 is 0.535 bits per heavy atom. The third kappa shape index (κ3) is 15.6. The number of para-hydroxylation sites is 4. The monoisotopic (exact) mass is 1430 g/mol. The summed E-state index contributed by atoms with van der Waals surface area (Å²) in [6.07, 6.45) is 10.7. The molecule has 24 nitrogen and oxygen atoms in total. The summed E-state index contributed by atoms with van der Waals surface area (Å²) in [6, 6.07) is 36.0. The van der Waals surface area contributed by atoms with E-state index in [1.165, 1.54) is 0 Å². The van der Waals surface area contributed by atoms with E-state index in [-0.39, 0.29) is 16.8 Å². The highest BCUT2D eigenvalue weighted by atomic mass is 32.2. The van der Waals surface area contributed by atoms with Gasteiger partial charge in [-0.2, -0.15) is 4.98 Å². The number of benzene rings is 4. The molecule has 1 aliphatic heterocycles. The van der Waals surface area contributed by atoms with Crippen LogP contribution in [0.3, 0.4) is 0 Å². The Hall–Kier alpha value is -10.4. The third-order valence-corrected chi connectivity index (χ3v) is 22.3. The zero-order valence-electron chi connectivity index (χ0n) is 57.2. The van der Waals surface area contributed by atoms with E-state index in [0.29, 0.717) is 73.1 Å². The van der Waals surface area contributed by atoms with E-state index in [1.54, 1.807) is 78.5 Å². The summed E-state index contributed by atoms with van der Waals surface area (Å²) >= 11 is 0.